The zero-order valence-corrected chi connectivity index (χ0v) is 26.0. The van der Waals surface area contributed by atoms with E-state index in [4.69, 9.17) is 0 Å². The van der Waals surface area contributed by atoms with Crippen molar-refractivity contribution in [1.29, 1.82) is 0 Å². The van der Waals surface area contributed by atoms with Crippen molar-refractivity contribution in [3.63, 3.8) is 0 Å². The number of benzene rings is 10. The Hall–Kier alpha value is -6.24. The van der Waals surface area contributed by atoms with E-state index in [0.717, 1.165) is 0 Å². The van der Waals surface area contributed by atoms with E-state index in [9.17, 15) is 0 Å². The highest BCUT2D eigenvalue weighted by Gasteiger charge is 2.26. The molecule has 0 spiro atoms. The summed E-state index contributed by atoms with van der Waals surface area (Å²) in [5.41, 5.74) is 13.3. The van der Waals surface area contributed by atoms with E-state index in [0.29, 0.717) is 0 Å². The zero-order chi connectivity index (χ0) is 31.1. The van der Waals surface area contributed by atoms with E-state index >= 15 is 0 Å². The normalized spacial score (nSPS) is 12.6. The lowest BCUT2D eigenvalue weighted by atomic mass is 9.91. The maximum atomic E-state index is 2.48. The molecule has 0 aliphatic heterocycles. The molecule has 2 aliphatic carbocycles. The topological polar surface area (TPSA) is 0 Å². The zero-order valence-electron chi connectivity index (χ0n) is 26.0. The first-order chi connectivity index (χ1) is 23.8. The number of fused-ring (bicyclic) bond motifs is 13. The molecule has 2 aliphatic rings. The summed E-state index contributed by atoms with van der Waals surface area (Å²) in [5.74, 6) is 0. The molecule has 0 nitrogen and oxygen atoms in total. The van der Waals surface area contributed by atoms with E-state index in [1.165, 1.54) is 120 Å². The van der Waals surface area contributed by atoms with Crippen LogP contribution in [-0.2, 0) is 0 Å². The summed E-state index contributed by atoms with van der Waals surface area (Å²) in [6, 6.07) is 59.5. The number of hydrogen-bond acceptors (Lipinski definition) is 0. The van der Waals surface area contributed by atoms with Gasteiger partial charge in [0, 0.05) is 0 Å². The minimum absolute atomic E-state index is 1.25. The maximum Gasteiger partial charge on any atom is -0.00195 e. The Morgan fingerprint density at radius 1 is 0.208 bits per heavy atom. The van der Waals surface area contributed by atoms with Crippen LogP contribution in [0.5, 0.6) is 0 Å². The first-order valence-electron chi connectivity index (χ1n) is 16.8. The third-order valence-electron chi connectivity index (χ3n) is 11.2. The first-order valence-corrected chi connectivity index (χ1v) is 16.8. The molecule has 218 valence electrons. The van der Waals surface area contributed by atoms with Crippen molar-refractivity contribution in [2.45, 2.75) is 0 Å². The first kappa shape index (κ1) is 24.9. The molecule has 10 aromatic rings. The van der Waals surface area contributed by atoms with Gasteiger partial charge in [0.2, 0.25) is 0 Å². The second-order valence-corrected chi connectivity index (χ2v) is 13.6. The van der Waals surface area contributed by atoms with Crippen molar-refractivity contribution in [3.05, 3.63) is 158 Å². The fourth-order valence-electron chi connectivity index (χ4n) is 9.11. The molecular formula is C48H26. The minimum Gasteiger partial charge on any atom is -0.0622 e. The Bertz CT molecular complexity index is 3080. The summed E-state index contributed by atoms with van der Waals surface area (Å²) in [6.07, 6.45) is 0. The summed E-state index contributed by atoms with van der Waals surface area (Å²) >= 11 is 0. The average molecular weight is 603 g/mol. The van der Waals surface area contributed by atoms with Gasteiger partial charge in [-0.25, -0.2) is 0 Å². The van der Waals surface area contributed by atoms with Crippen molar-refractivity contribution in [2.75, 3.05) is 0 Å². The summed E-state index contributed by atoms with van der Waals surface area (Å²) in [7, 11) is 0. The van der Waals surface area contributed by atoms with E-state index in [1.54, 1.807) is 0 Å². The van der Waals surface area contributed by atoms with Crippen LogP contribution in [0, 0.1) is 0 Å². The van der Waals surface area contributed by atoms with Gasteiger partial charge in [0.15, 0.2) is 0 Å². The van der Waals surface area contributed by atoms with Gasteiger partial charge in [0.05, 0.1) is 0 Å². The van der Waals surface area contributed by atoms with Gasteiger partial charge in [-0.1, -0.05) is 115 Å². The summed E-state index contributed by atoms with van der Waals surface area (Å²) < 4.78 is 0. The van der Waals surface area contributed by atoms with E-state index < -0.39 is 0 Å². The van der Waals surface area contributed by atoms with Crippen molar-refractivity contribution in [1.82, 2.24) is 0 Å². The molecule has 0 amide bonds. The van der Waals surface area contributed by atoms with E-state index in [-0.39, 0.29) is 0 Å². The third kappa shape index (κ3) is 3.10. The third-order valence-corrected chi connectivity index (χ3v) is 11.2. The maximum absolute atomic E-state index is 2.48. The largest absolute Gasteiger partial charge is 0.0622 e. The molecule has 48 heavy (non-hydrogen) atoms. The van der Waals surface area contributed by atoms with Crippen LogP contribution in [0.4, 0.5) is 0 Å². The van der Waals surface area contributed by atoms with Crippen LogP contribution in [-0.4, -0.2) is 0 Å². The molecular weight excluding hydrogens is 577 g/mol. The van der Waals surface area contributed by atoms with Gasteiger partial charge in [-0.2, -0.15) is 0 Å². The second-order valence-electron chi connectivity index (χ2n) is 13.6. The van der Waals surface area contributed by atoms with E-state index in [2.05, 4.69) is 158 Å². The summed E-state index contributed by atoms with van der Waals surface area (Å²) in [5, 5.41) is 15.9. The monoisotopic (exact) mass is 602 g/mol. The molecule has 0 saturated heterocycles. The SMILES string of the molecule is c1ccc(-c2cc3c4c(cc5ccccc5c4c2)-c2cc4ccc5c6cc7c(cc6ccc5c4cc2-3)-c2cccc3cccc-7c23)cc1. The number of rotatable bonds is 1. The molecule has 12 rings (SSSR count). The fourth-order valence-corrected chi connectivity index (χ4v) is 9.11. The molecule has 0 bridgehead atoms. The van der Waals surface area contributed by atoms with E-state index in [1.807, 2.05) is 0 Å². The summed E-state index contributed by atoms with van der Waals surface area (Å²) in [6.45, 7) is 0. The quantitative estimate of drug-likeness (QED) is 0.164. The minimum atomic E-state index is 1.25. The van der Waals surface area contributed by atoms with Crippen LogP contribution in [0.1, 0.15) is 0 Å². The second kappa shape index (κ2) is 8.76. The van der Waals surface area contributed by atoms with Crippen LogP contribution in [0.15, 0.2) is 158 Å². The molecule has 0 heterocycles. The van der Waals surface area contributed by atoms with Crippen LogP contribution in [0.2, 0.25) is 0 Å². The molecule has 0 saturated carbocycles. The van der Waals surface area contributed by atoms with Gasteiger partial charge in [0.25, 0.3) is 0 Å². The molecule has 0 aromatic heterocycles. The van der Waals surface area contributed by atoms with Gasteiger partial charge in [-0.05, 0) is 163 Å². The van der Waals surface area contributed by atoms with Crippen LogP contribution >= 0.6 is 0 Å². The van der Waals surface area contributed by atoms with Crippen LogP contribution < -0.4 is 0 Å². The van der Waals surface area contributed by atoms with Gasteiger partial charge in [-0.3, -0.25) is 0 Å². The van der Waals surface area contributed by atoms with Crippen LogP contribution in [0.25, 0.3) is 120 Å². The van der Waals surface area contributed by atoms with Crippen LogP contribution in [0.3, 0.4) is 0 Å². The highest BCUT2D eigenvalue weighted by atomic mass is 14.3. The Kier molecular flexibility index (Phi) is 4.55. The van der Waals surface area contributed by atoms with Gasteiger partial charge >= 0.3 is 0 Å². The molecule has 0 unspecified atom stereocenters. The van der Waals surface area contributed by atoms with Crippen molar-refractivity contribution in [3.8, 4) is 55.6 Å². The lowest BCUT2D eigenvalue weighted by Gasteiger charge is -2.12. The predicted octanol–water partition coefficient (Wildman–Crippen LogP) is 13.6. The Morgan fingerprint density at radius 2 is 0.750 bits per heavy atom. The lowest BCUT2D eigenvalue weighted by molar-refractivity contribution is 1.65. The van der Waals surface area contributed by atoms with Gasteiger partial charge in [-0.15, -0.1) is 0 Å². The highest BCUT2D eigenvalue weighted by molar-refractivity contribution is 6.28. The molecule has 0 heteroatoms. The molecule has 10 aromatic carbocycles. The van der Waals surface area contributed by atoms with Gasteiger partial charge in [0.1, 0.15) is 0 Å². The predicted molar refractivity (Wildman–Crippen MR) is 206 cm³/mol. The van der Waals surface area contributed by atoms with Crippen molar-refractivity contribution in [2.24, 2.45) is 0 Å². The Labute approximate surface area is 277 Å². The highest BCUT2D eigenvalue weighted by Crippen LogP contribution is 2.53. The molecule has 0 atom stereocenters. The molecule has 0 N–H and O–H groups in total. The number of hydrogen-bond donors (Lipinski definition) is 0. The molecule has 0 fully saturated rings. The Morgan fingerprint density at radius 3 is 1.48 bits per heavy atom. The van der Waals surface area contributed by atoms with Crippen molar-refractivity contribution >= 4 is 64.6 Å². The van der Waals surface area contributed by atoms with Gasteiger partial charge < -0.3 is 0 Å². The Balaban J connectivity index is 1.15. The lowest BCUT2D eigenvalue weighted by Crippen LogP contribution is -1.85. The van der Waals surface area contributed by atoms with Crippen molar-refractivity contribution < 1.29 is 0 Å². The average Bonchev–Trinajstić information content (AvgIpc) is 3.63. The molecule has 0 radical (unpaired) electrons. The smallest absolute Gasteiger partial charge is 0.00195 e. The fraction of sp³-hybridized carbons (Fsp3) is 0. The summed E-state index contributed by atoms with van der Waals surface area (Å²) in [4.78, 5) is 0. The standard InChI is InChI=1S/C48H26/c1-2-8-27(9-3-1)32-23-44-33-13-5-4-10-29(33)22-45-41-21-31-17-19-34-35(39(31)26-43(41)46(24-32)48(44)45)18-16-30-20-40-36-14-6-11-28-12-7-15-37(47(28)36)42(40)25-38(30)34/h1-26H.